The molecule has 1 saturated carbocycles. The Balaban J connectivity index is 1.40. The Labute approximate surface area is 167 Å². The average Bonchev–Trinajstić information content (AvgIpc) is 3.22. The molecule has 0 atom stereocenters. The lowest BCUT2D eigenvalue weighted by atomic mass is 9.82. The van der Waals surface area contributed by atoms with Crippen LogP contribution in [0.15, 0.2) is 29.6 Å². The van der Waals surface area contributed by atoms with Crippen LogP contribution in [0.4, 0.5) is 4.79 Å². The van der Waals surface area contributed by atoms with E-state index in [-0.39, 0.29) is 12.3 Å². The van der Waals surface area contributed by atoms with Crippen molar-refractivity contribution < 1.29 is 14.4 Å². The van der Waals surface area contributed by atoms with E-state index in [0.29, 0.717) is 18.5 Å². The van der Waals surface area contributed by atoms with Crippen molar-refractivity contribution in [3.8, 4) is 10.6 Å². The maximum Gasteiger partial charge on any atom is 0.344 e. The van der Waals surface area contributed by atoms with Crippen LogP contribution in [0.2, 0.25) is 0 Å². The number of nitrogens with one attached hydrogen (secondary N) is 2. The number of carbonyl (C=O) groups is 3. The van der Waals surface area contributed by atoms with Crippen LogP contribution in [0.3, 0.4) is 0 Å². The van der Waals surface area contributed by atoms with Gasteiger partial charge in [-0.2, -0.15) is 5.01 Å². The number of hydrogen-bond donors (Lipinski definition) is 2. The molecular formula is C20H22N4O3S. The lowest BCUT2D eigenvalue weighted by Crippen LogP contribution is -2.51. The van der Waals surface area contributed by atoms with Crippen LogP contribution < -0.4 is 10.7 Å². The van der Waals surface area contributed by atoms with E-state index in [2.05, 4.69) is 15.7 Å². The third-order valence-electron chi connectivity index (χ3n) is 5.30. The number of nitrogens with zero attached hydrogens (tertiary/aromatic N) is 2. The molecule has 1 saturated heterocycles. The van der Waals surface area contributed by atoms with E-state index in [0.717, 1.165) is 34.8 Å². The van der Waals surface area contributed by atoms with Crippen molar-refractivity contribution in [2.45, 2.75) is 51.0 Å². The standard InChI is InChI=1S/C20H22N4O3S/c1-13-5-7-14(8-6-13)17-21-15(12-28-17)11-16(25)23-24-18(26)20(22-19(24)27)9-3-2-4-10-20/h5-8,12H,2-4,9-11H2,1H3,(H,22,27)(H,23,25). The van der Waals surface area contributed by atoms with Crippen molar-refractivity contribution in [3.05, 3.63) is 40.9 Å². The zero-order valence-corrected chi connectivity index (χ0v) is 16.5. The van der Waals surface area contributed by atoms with Gasteiger partial charge < -0.3 is 5.32 Å². The Bertz CT molecular complexity index is 916. The third kappa shape index (κ3) is 3.52. The van der Waals surface area contributed by atoms with Gasteiger partial charge in [0.25, 0.3) is 5.91 Å². The molecule has 1 aromatic heterocycles. The van der Waals surface area contributed by atoms with Crippen molar-refractivity contribution in [2.75, 3.05) is 0 Å². The van der Waals surface area contributed by atoms with Crippen LogP contribution in [0.25, 0.3) is 10.6 Å². The summed E-state index contributed by atoms with van der Waals surface area (Å²) in [5, 5.41) is 6.27. The van der Waals surface area contributed by atoms with E-state index in [4.69, 9.17) is 0 Å². The maximum absolute atomic E-state index is 12.7. The number of aryl methyl sites for hydroxylation is 1. The van der Waals surface area contributed by atoms with Gasteiger partial charge >= 0.3 is 6.03 Å². The smallest absolute Gasteiger partial charge is 0.322 e. The Hall–Kier alpha value is -2.74. The molecule has 0 radical (unpaired) electrons. The first kappa shape index (κ1) is 18.6. The number of carbonyl (C=O) groups excluding carboxylic acids is 3. The topological polar surface area (TPSA) is 91.4 Å². The maximum atomic E-state index is 12.7. The summed E-state index contributed by atoms with van der Waals surface area (Å²) in [5.74, 6) is -0.790. The highest BCUT2D eigenvalue weighted by Crippen LogP contribution is 2.33. The summed E-state index contributed by atoms with van der Waals surface area (Å²) < 4.78 is 0. The quantitative estimate of drug-likeness (QED) is 0.775. The Morgan fingerprint density at radius 3 is 2.64 bits per heavy atom. The van der Waals surface area contributed by atoms with E-state index >= 15 is 0 Å². The van der Waals surface area contributed by atoms with E-state index < -0.39 is 17.5 Å². The number of amides is 4. The predicted octanol–water partition coefficient (Wildman–Crippen LogP) is 2.95. The first-order valence-corrected chi connectivity index (χ1v) is 10.3. The highest BCUT2D eigenvalue weighted by Gasteiger charge is 2.52. The molecule has 4 amide bonds. The molecule has 7 nitrogen and oxygen atoms in total. The van der Waals surface area contributed by atoms with Crippen LogP contribution in [-0.2, 0) is 16.0 Å². The van der Waals surface area contributed by atoms with Gasteiger partial charge in [0.15, 0.2) is 0 Å². The molecule has 28 heavy (non-hydrogen) atoms. The number of rotatable bonds is 4. The fourth-order valence-corrected chi connectivity index (χ4v) is 4.59. The predicted molar refractivity (Wildman–Crippen MR) is 105 cm³/mol. The van der Waals surface area contributed by atoms with Gasteiger partial charge in [-0.1, -0.05) is 49.1 Å². The number of thiazole rings is 1. The summed E-state index contributed by atoms with van der Waals surface area (Å²) >= 11 is 1.46. The van der Waals surface area contributed by atoms with Gasteiger partial charge in [-0.3, -0.25) is 15.0 Å². The minimum atomic E-state index is -0.845. The van der Waals surface area contributed by atoms with Crippen molar-refractivity contribution in [1.82, 2.24) is 20.7 Å². The second-order valence-electron chi connectivity index (χ2n) is 7.44. The van der Waals surface area contributed by atoms with E-state index in [9.17, 15) is 14.4 Å². The fraction of sp³-hybridized carbons (Fsp3) is 0.400. The lowest BCUT2D eigenvalue weighted by molar-refractivity contribution is -0.139. The molecule has 146 valence electrons. The van der Waals surface area contributed by atoms with Crippen molar-refractivity contribution in [3.63, 3.8) is 0 Å². The molecule has 1 spiro atoms. The third-order valence-corrected chi connectivity index (χ3v) is 6.24. The van der Waals surface area contributed by atoms with Gasteiger partial charge in [0.1, 0.15) is 10.5 Å². The van der Waals surface area contributed by atoms with Gasteiger partial charge in [0.2, 0.25) is 5.91 Å². The zero-order valence-electron chi connectivity index (χ0n) is 15.7. The van der Waals surface area contributed by atoms with Gasteiger partial charge in [-0.15, -0.1) is 11.3 Å². The molecule has 8 heteroatoms. The highest BCUT2D eigenvalue weighted by molar-refractivity contribution is 7.13. The number of urea groups is 1. The molecule has 1 aromatic carbocycles. The highest BCUT2D eigenvalue weighted by atomic mass is 32.1. The van der Waals surface area contributed by atoms with Gasteiger partial charge in [0.05, 0.1) is 12.1 Å². The number of aromatic nitrogens is 1. The normalized spacial score (nSPS) is 18.4. The second-order valence-corrected chi connectivity index (χ2v) is 8.29. The van der Waals surface area contributed by atoms with Gasteiger partial charge in [0, 0.05) is 10.9 Å². The largest absolute Gasteiger partial charge is 0.344 e. The number of hydrazine groups is 1. The molecule has 0 unspecified atom stereocenters. The van der Waals surface area contributed by atoms with Crippen LogP contribution in [-0.4, -0.2) is 33.4 Å². The molecule has 0 bridgehead atoms. The molecule has 2 N–H and O–H groups in total. The summed E-state index contributed by atoms with van der Waals surface area (Å²) in [6.45, 7) is 2.02. The van der Waals surface area contributed by atoms with E-state index in [1.54, 1.807) is 0 Å². The zero-order chi connectivity index (χ0) is 19.7. The van der Waals surface area contributed by atoms with Gasteiger partial charge in [-0.25, -0.2) is 9.78 Å². The van der Waals surface area contributed by atoms with E-state index in [1.807, 2.05) is 36.6 Å². The Morgan fingerprint density at radius 1 is 1.21 bits per heavy atom. The Kier molecular flexibility index (Phi) is 4.89. The summed E-state index contributed by atoms with van der Waals surface area (Å²) in [4.78, 5) is 41.8. The summed E-state index contributed by atoms with van der Waals surface area (Å²) in [6.07, 6.45) is 4.10. The summed E-state index contributed by atoms with van der Waals surface area (Å²) in [6, 6.07) is 7.46. The lowest BCUT2D eigenvalue weighted by Gasteiger charge is -2.30. The summed E-state index contributed by atoms with van der Waals surface area (Å²) in [5.41, 5.74) is 4.38. The van der Waals surface area contributed by atoms with Crippen molar-refractivity contribution in [2.24, 2.45) is 0 Å². The fourth-order valence-electron chi connectivity index (χ4n) is 3.76. The average molecular weight is 398 g/mol. The summed E-state index contributed by atoms with van der Waals surface area (Å²) in [7, 11) is 0. The number of imide groups is 1. The van der Waals surface area contributed by atoms with E-state index in [1.165, 1.54) is 16.9 Å². The van der Waals surface area contributed by atoms with Gasteiger partial charge in [-0.05, 0) is 19.8 Å². The molecule has 2 aromatic rings. The van der Waals surface area contributed by atoms with Crippen LogP contribution >= 0.6 is 11.3 Å². The molecule has 2 fully saturated rings. The van der Waals surface area contributed by atoms with Crippen LogP contribution in [0.5, 0.6) is 0 Å². The monoisotopic (exact) mass is 398 g/mol. The molecule has 2 heterocycles. The van der Waals surface area contributed by atoms with Crippen molar-refractivity contribution in [1.29, 1.82) is 0 Å². The molecular weight excluding hydrogens is 376 g/mol. The first-order chi connectivity index (χ1) is 13.5. The minimum Gasteiger partial charge on any atom is -0.322 e. The van der Waals surface area contributed by atoms with Crippen LogP contribution in [0.1, 0.15) is 43.4 Å². The Morgan fingerprint density at radius 2 is 1.93 bits per heavy atom. The molecule has 1 aliphatic heterocycles. The molecule has 1 aliphatic carbocycles. The molecule has 2 aliphatic rings. The SMILES string of the molecule is Cc1ccc(-c2nc(CC(=O)NN3C(=O)NC4(CCCCC4)C3=O)cs2)cc1. The van der Waals surface area contributed by atoms with Crippen LogP contribution in [0, 0.1) is 6.92 Å². The second kappa shape index (κ2) is 7.35. The molecule has 4 rings (SSSR count). The number of hydrogen-bond acceptors (Lipinski definition) is 5. The first-order valence-electron chi connectivity index (χ1n) is 9.44. The number of benzene rings is 1. The van der Waals surface area contributed by atoms with Crippen molar-refractivity contribution >= 4 is 29.2 Å². The minimum absolute atomic E-state index is 0.00637.